The number of nitrogens with zero attached hydrogens (tertiary/aromatic N) is 4. The van der Waals surface area contributed by atoms with Crippen molar-refractivity contribution >= 4 is 35.1 Å². The molecule has 0 fully saturated rings. The van der Waals surface area contributed by atoms with Gasteiger partial charge in [0.1, 0.15) is 71.8 Å². The van der Waals surface area contributed by atoms with Crippen LogP contribution in [0.3, 0.4) is 0 Å². The normalized spacial score (nSPS) is 12.1. The van der Waals surface area contributed by atoms with Crippen molar-refractivity contribution in [2.45, 2.75) is 105 Å². The fraction of sp³-hybridized carbons (Fsp3) is 0.273. The van der Waals surface area contributed by atoms with Gasteiger partial charge < -0.3 is 40.6 Å². The zero-order chi connectivity index (χ0) is 58.0. The number of nitrogens with two attached hydrogens (primary N) is 2. The van der Waals surface area contributed by atoms with E-state index in [0.29, 0.717) is 87.9 Å². The van der Waals surface area contributed by atoms with Crippen molar-refractivity contribution in [2.24, 2.45) is 11.5 Å². The Labute approximate surface area is 490 Å². The molecule has 0 amide bonds. The highest BCUT2D eigenvalue weighted by Crippen LogP contribution is 2.30. The van der Waals surface area contributed by atoms with Crippen LogP contribution in [0.25, 0.3) is 0 Å². The van der Waals surface area contributed by atoms with Crippen LogP contribution in [-0.4, -0.2) is 67.1 Å². The van der Waals surface area contributed by atoms with E-state index in [-0.39, 0.29) is 24.6 Å². The first kappa shape index (κ1) is 60.3. The van der Waals surface area contributed by atoms with Gasteiger partial charge in [0, 0.05) is 73.8 Å². The molecule has 0 aliphatic carbocycles. The number of halogens is 2. The van der Waals surface area contributed by atoms with Crippen LogP contribution in [0, 0.1) is 20.8 Å². The molecule has 426 valence electrons. The number of pyridine rings is 2. The molecular weight excluding hydrogens is 1080 g/mol. The van der Waals surface area contributed by atoms with Gasteiger partial charge in [-0.15, -0.1) is 0 Å². The monoisotopic (exact) mass is 1140 g/mol. The maximum Gasteiger partial charge on any atom is 0.320 e. The molecule has 8 aromatic rings. The summed E-state index contributed by atoms with van der Waals surface area (Å²) in [6.45, 7) is 9.88. The van der Waals surface area contributed by atoms with E-state index < -0.39 is 24.0 Å². The van der Waals surface area contributed by atoms with Crippen LogP contribution in [-0.2, 0) is 68.6 Å². The van der Waals surface area contributed by atoms with Gasteiger partial charge in [-0.05, 0) is 91.6 Å². The lowest BCUT2D eigenvalue weighted by molar-refractivity contribution is -0.139. The van der Waals surface area contributed by atoms with Gasteiger partial charge in [-0.2, -0.15) is 0 Å². The zero-order valence-electron chi connectivity index (χ0n) is 46.5. The Kier molecular flexibility index (Phi) is 21.9. The summed E-state index contributed by atoms with van der Waals surface area (Å²) in [6, 6.07) is 48.2. The first-order chi connectivity index (χ1) is 39.6. The SMILES string of the molecule is Cc1cccc(COc2ccccc2CN(CC[C@H](N)C(=O)O)Cc2cnc(Cl)cc2OCc2cccc(Cc3cc(C)cc(COc4ccccc4CN(CC[C@H](N)C(=O)O)Cc4cc(Cl)ncc4OCc4cccc(C)c4)c3)c2)c1. The Bertz CT molecular complexity index is 3440. The van der Waals surface area contributed by atoms with Gasteiger partial charge in [0.15, 0.2) is 0 Å². The minimum absolute atomic E-state index is 0.219. The highest BCUT2D eigenvalue weighted by molar-refractivity contribution is 6.29. The minimum Gasteiger partial charge on any atom is -0.489 e. The molecule has 6 N–H and O–H groups in total. The van der Waals surface area contributed by atoms with Crippen LogP contribution in [0.5, 0.6) is 23.0 Å². The lowest BCUT2D eigenvalue weighted by Crippen LogP contribution is -2.35. The number of carbonyl (C=O) groups is 2. The summed E-state index contributed by atoms with van der Waals surface area (Å²) in [6.07, 6.45) is 4.43. The Morgan fingerprint density at radius 2 is 0.878 bits per heavy atom. The van der Waals surface area contributed by atoms with Crippen LogP contribution in [0.1, 0.15) is 85.2 Å². The van der Waals surface area contributed by atoms with Gasteiger partial charge in [-0.1, -0.05) is 167 Å². The maximum absolute atomic E-state index is 11.8. The van der Waals surface area contributed by atoms with Crippen LogP contribution in [0.15, 0.2) is 164 Å². The molecule has 2 heterocycles. The van der Waals surface area contributed by atoms with Gasteiger partial charge in [-0.3, -0.25) is 19.4 Å². The van der Waals surface area contributed by atoms with Crippen molar-refractivity contribution in [3.05, 3.63) is 247 Å². The molecule has 0 spiro atoms. The largest absolute Gasteiger partial charge is 0.489 e. The molecular formula is C66H70Cl2N6O8. The molecule has 82 heavy (non-hydrogen) atoms. The first-order valence-corrected chi connectivity index (χ1v) is 28.0. The maximum atomic E-state index is 11.8. The predicted octanol–water partition coefficient (Wildman–Crippen LogP) is 12.2. The topological polar surface area (TPSA) is 196 Å². The molecule has 0 aliphatic heterocycles. The number of carboxylic acid groups (broad SMARTS) is 2. The Morgan fingerprint density at radius 3 is 1.45 bits per heavy atom. The molecule has 0 unspecified atom stereocenters. The molecule has 2 aromatic heterocycles. The van der Waals surface area contributed by atoms with Crippen LogP contribution < -0.4 is 30.4 Å². The third kappa shape index (κ3) is 18.6. The van der Waals surface area contributed by atoms with E-state index in [1.165, 1.54) is 0 Å². The van der Waals surface area contributed by atoms with Gasteiger partial charge >= 0.3 is 11.9 Å². The quantitative estimate of drug-likeness (QED) is 0.0310. The fourth-order valence-electron chi connectivity index (χ4n) is 9.68. The molecule has 0 radical (unpaired) electrons. The van der Waals surface area contributed by atoms with E-state index >= 15 is 0 Å². The van der Waals surface area contributed by atoms with Crippen molar-refractivity contribution in [2.75, 3.05) is 13.1 Å². The standard InChI is InChI=1S/C66H70Cl2N6O8/c1-44-11-8-14-48(25-44)40-79-59-19-6-4-18-54(59)37-74(24-22-58(70)66(77)78)39-56-34-71-64(68)33-61(56)81-42-50-16-10-13-47(29-50)30-51-27-46(3)28-52(31-51)43-80-60-20-7-5-17-53(60)36-73(23-21-57(69)65(75)76)38-55-32-63(67)72-35-62(55)82-41-49-15-9-12-45(2)26-49/h4-20,25-29,31-35,57-58H,21-24,30,36-43,69-70H2,1-3H3,(H,75,76)(H,77,78)/t57-,58-/m0/s1. The average molecular weight is 1150 g/mol. The number of aromatic nitrogens is 2. The fourth-order valence-corrected chi connectivity index (χ4v) is 10.0. The highest BCUT2D eigenvalue weighted by Gasteiger charge is 2.21. The lowest BCUT2D eigenvalue weighted by Gasteiger charge is -2.25. The van der Waals surface area contributed by atoms with Crippen LogP contribution >= 0.6 is 23.2 Å². The molecule has 0 saturated heterocycles. The van der Waals surface area contributed by atoms with Crippen molar-refractivity contribution in [3.63, 3.8) is 0 Å². The molecule has 0 bridgehead atoms. The van der Waals surface area contributed by atoms with Crippen molar-refractivity contribution in [1.29, 1.82) is 0 Å². The van der Waals surface area contributed by atoms with E-state index in [4.69, 9.17) is 53.6 Å². The molecule has 0 aliphatic rings. The van der Waals surface area contributed by atoms with E-state index in [2.05, 4.69) is 82.1 Å². The van der Waals surface area contributed by atoms with Gasteiger partial charge in [0.05, 0.1) is 6.20 Å². The highest BCUT2D eigenvalue weighted by atomic mass is 35.5. The Balaban J connectivity index is 0.924. The van der Waals surface area contributed by atoms with E-state index in [1.807, 2.05) is 97.9 Å². The van der Waals surface area contributed by atoms with Crippen LogP contribution in [0.2, 0.25) is 10.3 Å². The molecule has 8 rings (SSSR count). The van der Waals surface area contributed by atoms with Gasteiger partial charge in [0.2, 0.25) is 0 Å². The van der Waals surface area contributed by atoms with Gasteiger partial charge in [-0.25, -0.2) is 9.97 Å². The molecule has 6 aromatic carbocycles. The number of aliphatic carboxylic acids is 2. The van der Waals surface area contributed by atoms with E-state index in [1.54, 1.807) is 24.5 Å². The van der Waals surface area contributed by atoms with E-state index in [0.717, 1.165) is 78.1 Å². The third-order valence-corrected chi connectivity index (χ3v) is 14.2. The second kappa shape index (κ2) is 29.8. The van der Waals surface area contributed by atoms with Crippen molar-refractivity contribution in [3.8, 4) is 23.0 Å². The molecule has 16 heteroatoms. The summed E-state index contributed by atoms with van der Waals surface area (Å²) in [5.74, 6) is 0.457. The van der Waals surface area contributed by atoms with Crippen molar-refractivity contribution < 1.29 is 38.7 Å². The Hall–Kier alpha value is -7.82. The smallest absolute Gasteiger partial charge is 0.320 e. The van der Waals surface area contributed by atoms with Crippen LogP contribution in [0.4, 0.5) is 0 Å². The summed E-state index contributed by atoms with van der Waals surface area (Å²) in [7, 11) is 0. The third-order valence-electron chi connectivity index (χ3n) is 13.8. The summed E-state index contributed by atoms with van der Waals surface area (Å²) < 4.78 is 25.8. The number of para-hydroxylation sites is 2. The van der Waals surface area contributed by atoms with Crippen molar-refractivity contribution in [1.82, 2.24) is 19.8 Å². The molecule has 2 atom stereocenters. The summed E-state index contributed by atoms with van der Waals surface area (Å²) in [5.41, 5.74) is 25.2. The number of rotatable bonds is 30. The number of benzene rings is 6. The van der Waals surface area contributed by atoms with E-state index in [9.17, 15) is 19.8 Å². The summed E-state index contributed by atoms with van der Waals surface area (Å²) in [5, 5.41) is 19.9. The second-order valence-electron chi connectivity index (χ2n) is 20.8. The first-order valence-electron chi connectivity index (χ1n) is 27.2. The number of ether oxygens (including phenoxy) is 4. The second-order valence-corrected chi connectivity index (χ2v) is 21.6. The predicted molar refractivity (Wildman–Crippen MR) is 320 cm³/mol. The zero-order valence-corrected chi connectivity index (χ0v) is 48.0. The van der Waals surface area contributed by atoms with Gasteiger partial charge in [0.25, 0.3) is 0 Å². The Morgan fingerprint density at radius 1 is 0.451 bits per heavy atom. The minimum atomic E-state index is -1.06. The number of hydrogen-bond acceptors (Lipinski definition) is 12. The average Bonchev–Trinajstić information content (AvgIpc) is 3.47. The number of hydrogen-bond donors (Lipinski definition) is 4. The number of aryl methyl sites for hydroxylation is 3. The lowest BCUT2D eigenvalue weighted by atomic mass is 9.99. The molecule has 14 nitrogen and oxygen atoms in total. The summed E-state index contributed by atoms with van der Waals surface area (Å²) >= 11 is 12.9. The summed E-state index contributed by atoms with van der Waals surface area (Å²) in [4.78, 5) is 36.6. The molecule has 0 saturated carbocycles. The number of carboxylic acids is 2.